The van der Waals surface area contributed by atoms with E-state index >= 15 is 0 Å². The molecule has 0 aliphatic carbocycles. The Morgan fingerprint density at radius 3 is 2.71 bits per heavy atom. The molecule has 1 saturated heterocycles. The first-order valence-electron chi connectivity index (χ1n) is 6.27. The zero-order chi connectivity index (χ0) is 12.6. The van der Waals surface area contributed by atoms with Gasteiger partial charge in [-0.25, -0.2) is 0 Å². The van der Waals surface area contributed by atoms with E-state index in [4.69, 9.17) is 11.6 Å². The predicted octanol–water partition coefficient (Wildman–Crippen LogP) is 3.90. The number of halogens is 1. The van der Waals surface area contributed by atoms with E-state index in [0.29, 0.717) is 5.75 Å². The lowest BCUT2D eigenvalue weighted by Crippen LogP contribution is -2.15. The quantitative estimate of drug-likeness (QED) is 0.838. The number of aromatic hydroxyl groups is 1. The van der Waals surface area contributed by atoms with Gasteiger partial charge in [0.25, 0.3) is 0 Å². The fourth-order valence-electron chi connectivity index (χ4n) is 2.57. The van der Waals surface area contributed by atoms with Crippen molar-refractivity contribution in [3.05, 3.63) is 27.8 Å². The maximum absolute atomic E-state index is 10.4. The van der Waals surface area contributed by atoms with Crippen LogP contribution < -0.4 is 5.32 Å². The van der Waals surface area contributed by atoms with E-state index in [0.717, 1.165) is 41.1 Å². The van der Waals surface area contributed by atoms with Gasteiger partial charge < -0.3 is 10.4 Å². The number of phenolic OH excluding ortho intramolecular Hbond substituents is 1. The van der Waals surface area contributed by atoms with Gasteiger partial charge in [0.05, 0.1) is 0 Å². The summed E-state index contributed by atoms with van der Waals surface area (Å²) in [6.07, 6.45) is 2.24. The summed E-state index contributed by atoms with van der Waals surface area (Å²) in [5.41, 5.74) is 2.95. The van der Waals surface area contributed by atoms with Crippen molar-refractivity contribution in [3.63, 3.8) is 0 Å². The average Bonchev–Trinajstić information content (AvgIpc) is 2.76. The molecule has 2 rings (SSSR count). The average molecular weight is 254 g/mol. The summed E-state index contributed by atoms with van der Waals surface area (Å²) in [7, 11) is 0. The summed E-state index contributed by atoms with van der Waals surface area (Å²) < 4.78 is 0. The van der Waals surface area contributed by atoms with Gasteiger partial charge >= 0.3 is 0 Å². The van der Waals surface area contributed by atoms with Crippen LogP contribution in [0.15, 0.2) is 6.07 Å². The van der Waals surface area contributed by atoms with Crippen LogP contribution in [-0.2, 0) is 0 Å². The molecule has 1 aromatic carbocycles. The minimum Gasteiger partial charge on any atom is -0.507 e. The lowest BCUT2D eigenvalue weighted by molar-refractivity contribution is 0.446. The first kappa shape index (κ1) is 12.7. The molecule has 2 nitrogen and oxygen atoms in total. The highest BCUT2D eigenvalue weighted by atomic mass is 35.5. The molecule has 1 heterocycles. The Morgan fingerprint density at radius 1 is 1.47 bits per heavy atom. The second-order valence-electron chi connectivity index (χ2n) is 5.14. The van der Waals surface area contributed by atoms with Crippen LogP contribution in [0.5, 0.6) is 5.75 Å². The van der Waals surface area contributed by atoms with Crippen LogP contribution in [0.25, 0.3) is 0 Å². The number of hydrogen-bond donors (Lipinski definition) is 2. The minimum absolute atomic E-state index is 0.256. The first-order valence-corrected chi connectivity index (χ1v) is 6.65. The Labute approximate surface area is 108 Å². The molecule has 1 aromatic rings. The maximum atomic E-state index is 10.4. The fourth-order valence-corrected chi connectivity index (χ4v) is 2.79. The molecule has 2 N–H and O–H groups in total. The van der Waals surface area contributed by atoms with Gasteiger partial charge in [-0.1, -0.05) is 25.4 Å². The zero-order valence-corrected chi connectivity index (χ0v) is 11.4. The summed E-state index contributed by atoms with van der Waals surface area (Å²) in [5.74, 6) is 0.717. The standard InChI is InChI=1S/C14H20ClNO/c1-8(2)10-7-11(15)9(3)13(14(10)17)12-5-4-6-16-12/h7-8,12,16-17H,4-6H2,1-3H3. The topological polar surface area (TPSA) is 32.3 Å². The molecule has 0 spiro atoms. The first-order chi connectivity index (χ1) is 8.02. The van der Waals surface area contributed by atoms with Crippen molar-refractivity contribution in [2.45, 2.75) is 45.6 Å². The smallest absolute Gasteiger partial charge is 0.124 e. The maximum Gasteiger partial charge on any atom is 0.124 e. The SMILES string of the molecule is Cc1c(Cl)cc(C(C)C)c(O)c1C1CCCN1. The van der Waals surface area contributed by atoms with Crippen LogP contribution in [0.1, 0.15) is 55.3 Å². The number of hydrogen-bond acceptors (Lipinski definition) is 2. The van der Waals surface area contributed by atoms with Crippen LogP contribution >= 0.6 is 11.6 Å². The molecule has 0 saturated carbocycles. The third-order valence-electron chi connectivity index (χ3n) is 3.60. The molecule has 3 heteroatoms. The molecule has 0 amide bonds. The van der Waals surface area contributed by atoms with Gasteiger partial charge in [-0.2, -0.15) is 0 Å². The molecule has 94 valence electrons. The molecule has 1 unspecified atom stereocenters. The van der Waals surface area contributed by atoms with Crippen molar-refractivity contribution in [1.29, 1.82) is 0 Å². The Balaban J connectivity index is 2.55. The van der Waals surface area contributed by atoms with Crippen LogP contribution in [0, 0.1) is 6.92 Å². The number of benzene rings is 1. The van der Waals surface area contributed by atoms with E-state index in [1.165, 1.54) is 0 Å². The normalized spacial score (nSPS) is 20.2. The molecule has 1 aliphatic heterocycles. The molecule has 0 bridgehead atoms. The molecular weight excluding hydrogens is 234 g/mol. The Morgan fingerprint density at radius 2 is 2.18 bits per heavy atom. The van der Waals surface area contributed by atoms with Gasteiger partial charge in [0, 0.05) is 16.6 Å². The van der Waals surface area contributed by atoms with E-state index in [9.17, 15) is 5.11 Å². The zero-order valence-electron chi connectivity index (χ0n) is 10.7. The van der Waals surface area contributed by atoms with Crippen molar-refractivity contribution in [2.24, 2.45) is 0 Å². The van der Waals surface area contributed by atoms with Crippen molar-refractivity contribution in [3.8, 4) is 5.75 Å². The van der Waals surface area contributed by atoms with Crippen molar-refractivity contribution >= 4 is 11.6 Å². The van der Waals surface area contributed by atoms with Gasteiger partial charge in [-0.15, -0.1) is 0 Å². The van der Waals surface area contributed by atoms with Gasteiger partial charge in [-0.05, 0) is 49.4 Å². The van der Waals surface area contributed by atoms with Crippen molar-refractivity contribution < 1.29 is 5.11 Å². The van der Waals surface area contributed by atoms with E-state index in [-0.39, 0.29) is 12.0 Å². The van der Waals surface area contributed by atoms with Crippen molar-refractivity contribution in [2.75, 3.05) is 6.54 Å². The van der Waals surface area contributed by atoms with Crippen LogP contribution in [0.2, 0.25) is 5.02 Å². The van der Waals surface area contributed by atoms with Gasteiger partial charge in [0.15, 0.2) is 0 Å². The largest absolute Gasteiger partial charge is 0.507 e. The fraction of sp³-hybridized carbons (Fsp3) is 0.571. The molecule has 17 heavy (non-hydrogen) atoms. The van der Waals surface area contributed by atoms with E-state index in [1.807, 2.05) is 13.0 Å². The second kappa shape index (κ2) is 4.87. The summed E-state index contributed by atoms with van der Waals surface area (Å²) in [5, 5.41) is 14.6. The molecule has 1 atom stereocenters. The van der Waals surface area contributed by atoms with Crippen LogP contribution in [0.3, 0.4) is 0 Å². The number of rotatable bonds is 2. The van der Waals surface area contributed by atoms with E-state index in [1.54, 1.807) is 0 Å². The van der Waals surface area contributed by atoms with E-state index < -0.39 is 0 Å². The summed E-state index contributed by atoms with van der Waals surface area (Å²) in [6.45, 7) is 7.16. The minimum atomic E-state index is 0.256. The highest BCUT2D eigenvalue weighted by Crippen LogP contribution is 2.41. The third kappa shape index (κ3) is 2.29. The Hall–Kier alpha value is -0.730. The van der Waals surface area contributed by atoms with Gasteiger partial charge in [-0.3, -0.25) is 0 Å². The second-order valence-corrected chi connectivity index (χ2v) is 5.55. The molecular formula is C14H20ClNO. The molecule has 0 radical (unpaired) electrons. The monoisotopic (exact) mass is 253 g/mol. The Kier molecular flexibility index (Phi) is 3.64. The molecule has 1 aliphatic rings. The molecule has 1 fully saturated rings. The highest BCUT2D eigenvalue weighted by Gasteiger charge is 2.25. The Bertz CT molecular complexity index is 423. The predicted molar refractivity (Wildman–Crippen MR) is 71.9 cm³/mol. The number of phenols is 1. The lowest BCUT2D eigenvalue weighted by atomic mass is 9.91. The highest BCUT2D eigenvalue weighted by molar-refractivity contribution is 6.31. The van der Waals surface area contributed by atoms with Crippen LogP contribution in [-0.4, -0.2) is 11.7 Å². The number of nitrogens with one attached hydrogen (secondary N) is 1. The summed E-state index contributed by atoms with van der Waals surface area (Å²) >= 11 is 6.27. The third-order valence-corrected chi connectivity index (χ3v) is 4.00. The van der Waals surface area contributed by atoms with Gasteiger partial charge in [0.2, 0.25) is 0 Å². The van der Waals surface area contributed by atoms with Crippen LogP contribution in [0.4, 0.5) is 0 Å². The lowest BCUT2D eigenvalue weighted by Gasteiger charge is -2.21. The summed E-state index contributed by atoms with van der Waals surface area (Å²) in [4.78, 5) is 0. The molecule has 0 aromatic heterocycles. The summed E-state index contributed by atoms with van der Waals surface area (Å²) in [6, 6.07) is 2.15. The van der Waals surface area contributed by atoms with E-state index in [2.05, 4.69) is 19.2 Å². The van der Waals surface area contributed by atoms with Crippen molar-refractivity contribution in [1.82, 2.24) is 5.32 Å². The van der Waals surface area contributed by atoms with Gasteiger partial charge in [0.1, 0.15) is 5.75 Å².